The molecule has 1 fully saturated rings. The largest absolute Gasteiger partial charge is 0.355 e. The van der Waals surface area contributed by atoms with Gasteiger partial charge in [-0.15, -0.1) is 11.8 Å². The van der Waals surface area contributed by atoms with Gasteiger partial charge in [0, 0.05) is 29.4 Å². The summed E-state index contributed by atoms with van der Waals surface area (Å²) >= 11 is 1.97. The second-order valence-electron chi connectivity index (χ2n) is 5.70. The van der Waals surface area contributed by atoms with Crippen LogP contribution >= 0.6 is 11.8 Å². The zero-order valence-corrected chi connectivity index (χ0v) is 14.1. The zero-order valence-electron chi connectivity index (χ0n) is 13.3. The molecule has 1 aromatic carbocycles. The van der Waals surface area contributed by atoms with Crippen LogP contribution in [0.5, 0.6) is 0 Å². The summed E-state index contributed by atoms with van der Waals surface area (Å²) in [6.45, 7) is 1.60. The number of hydrogen-bond acceptors (Lipinski definition) is 3. The second-order valence-corrected chi connectivity index (χ2v) is 7.24. The summed E-state index contributed by atoms with van der Waals surface area (Å²) in [5.74, 6) is 0.829. The molecule has 23 heavy (non-hydrogen) atoms. The minimum Gasteiger partial charge on any atom is -0.355 e. The van der Waals surface area contributed by atoms with E-state index in [1.165, 1.54) is 17.7 Å². The van der Waals surface area contributed by atoms with Crippen LogP contribution < -0.4 is 10.6 Å². The number of hydrogen-bond donors (Lipinski definition) is 2. The van der Waals surface area contributed by atoms with Gasteiger partial charge in [0.1, 0.15) is 0 Å². The molecule has 5 heteroatoms. The maximum atomic E-state index is 4.31. The lowest BCUT2D eigenvalue weighted by atomic mass is 10.3. The van der Waals surface area contributed by atoms with Crippen molar-refractivity contribution in [1.29, 1.82) is 0 Å². The lowest BCUT2D eigenvalue weighted by Gasteiger charge is -2.18. The van der Waals surface area contributed by atoms with E-state index in [9.17, 15) is 0 Å². The van der Waals surface area contributed by atoms with Crippen molar-refractivity contribution < 1.29 is 0 Å². The van der Waals surface area contributed by atoms with Gasteiger partial charge in [0.2, 0.25) is 0 Å². The number of nitrogens with zero attached hydrogens (tertiary/aromatic N) is 2. The van der Waals surface area contributed by atoms with E-state index in [0.29, 0.717) is 11.3 Å². The van der Waals surface area contributed by atoms with Crippen molar-refractivity contribution in [3.8, 4) is 0 Å². The number of rotatable bonds is 6. The fourth-order valence-electron chi connectivity index (χ4n) is 2.34. The molecule has 2 aromatic rings. The monoisotopic (exact) mass is 326 g/mol. The van der Waals surface area contributed by atoms with Crippen LogP contribution in [0.2, 0.25) is 0 Å². The number of thioether (sulfide) groups is 1. The number of aromatic nitrogens is 1. The van der Waals surface area contributed by atoms with Crippen molar-refractivity contribution in [3.63, 3.8) is 0 Å². The molecule has 0 unspecified atom stereocenters. The quantitative estimate of drug-likeness (QED) is 0.633. The average molecular weight is 326 g/mol. The standard InChI is InChI=1S/C18H22N4S/c1-19-17(21-13-15-7-5-6-12-20-15)22-14-18(10-11-18)23-16-8-3-2-4-9-16/h2-9,12H,10-11,13-14H2,1H3,(H2,19,21,22). The Morgan fingerprint density at radius 1 is 1.13 bits per heavy atom. The van der Waals surface area contributed by atoms with Gasteiger partial charge in [0.05, 0.1) is 12.2 Å². The van der Waals surface area contributed by atoms with Crippen molar-refractivity contribution in [2.45, 2.75) is 29.0 Å². The van der Waals surface area contributed by atoms with Crippen LogP contribution in [-0.4, -0.2) is 29.3 Å². The van der Waals surface area contributed by atoms with E-state index in [0.717, 1.165) is 18.2 Å². The van der Waals surface area contributed by atoms with E-state index < -0.39 is 0 Å². The summed E-state index contributed by atoms with van der Waals surface area (Å²) in [5.41, 5.74) is 1.01. The molecule has 0 atom stereocenters. The Morgan fingerprint density at radius 2 is 1.91 bits per heavy atom. The topological polar surface area (TPSA) is 49.3 Å². The van der Waals surface area contributed by atoms with Gasteiger partial charge in [-0.2, -0.15) is 0 Å². The molecule has 1 aliphatic carbocycles. The Bertz CT molecular complexity index is 639. The van der Waals surface area contributed by atoms with Crippen LogP contribution in [-0.2, 0) is 6.54 Å². The van der Waals surface area contributed by atoms with Crippen molar-refractivity contribution in [1.82, 2.24) is 15.6 Å². The van der Waals surface area contributed by atoms with Gasteiger partial charge in [-0.1, -0.05) is 24.3 Å². The number of benzene rings is 1. The predicted octanol–water partition coefficient (Wildman–Crippen LogP) is 3.07. The van der Waals surface area contributed by atoms with Crippen LogP contribution in [0, 0.1) is 0 Å². The summed E-state index contributed by atoms with van der Waals surface area (Å²) in [6, 6.07) is 16.5. The first-order valence-corrected chi connectivity index (χ1v) is 8.70. The molecule has 0 spiro atoms. The summed E-state index contributed by atoms with van der Waals surface area (Å²) in [4.78, 5) is 9.95. The first kappa shape index (κ1) is 15.9. The third-order valence-electron chi connectivity index (χ3n) is 3.85. The molecule has 0 radical (unpaired) electrons. The molecule has 0 saturated heterocycles. The molecule has 0 amide bonds. The highest BCUT2D eigenvalue weighted by atomic mass is 32.2. The van der Waals surface area contributed by atoms with Crippen molar-refractivity contribution in [2.24, 2.45) is 4.99 Å². The fourth-order valence-corrected chi connectivity index (χ4v) is 3.58. The summed E-state index contributed by atoms with van der Waals surface area (Å²) < 4.78 is 0.309. The maximum Gasteiger partial charge on any atom is 0.191 e. The highest BCUT2D eigenvalue weighted by molar-refractivity contribution is 8.01. The smallest absolute Gasteiger partial charge is 0.191 e. The van der Waals surface area contributed by atoms with E-state index in [1.54, 1.807) is 7.05 Å². The minimum absolute atomic E-state index is 0.309. The molecule has 0 aliphatic heterocycles. The maximum absolute atomic E-state index is 4.31. The Balaban J connectivity index is 1.48. The SMILES string of the molecule is CN=C(NCc1ccccn1)NCC1(Sc2ccccc2)CC1. The van der Waals surface area contributed by atoms with Gasteiger partial charge in [0.25, 0.3) is 0 Å². The van der Waals surface area contributed by atoms with Gasteiger partial charge in [-0.25, -0.2) is 0 Å². The summed E-state index contributed by atoms with van der Waals surface area (Å²) in [6.07, 6.45) is 4.30. The summed E-state index contributed by atoms with van der Waals surface area (Å²) in [7, 11) is 1.80. The lowest BCUT2D eigenvalue weighted by Crippen LogP contribution is -2.40. The molecule has 1 aliphatic rings. The third kappa shape index (κ3) is 4.73. The van der Waals surface area contributed by atoms with Crippen molar-refractivity contribution in [2.75, 3.05) is 13.6 Å². The van der Waals surface area contributed by atoms with Crippen molar-refractivity contribution in [3.05, 3.63) is 60.4 Å². The molecule has 4 nitrogen and oxygen atoms in total. The van der Waals surface area contributed by atoms with Crippen LogP contribution in [0.15, 0.2) is 64.6 Å². The Kier molecular flexibility index (Phi) is 5.18. The molecule has 120 valence electrons. The summed E-state index contributed by atoms with van der Waals surface area (Å²) in [5, 5.41) is 6.77. The molecule has 1 saturated carbocycles. The Morgan fingerprint density at radius 3 is 2.57 bits per heavy atom. The minimum atomic E-state index is 0.309. The van der Waals surface area contributed by atoms with Crippen LogP contribution in [0.3, 0.4) is 0 Å². The fraction of sp³-hybridized carbons (Fsp3) is 0.333. The molecule has 2 N–H and O–H groups in total. The Hall–Kier alpha value is -2.01. The molecule has 3 rings (SSSR count). The predicted molar refractivity (Wildman–Crippen MR) is 96.7 cm³/mol. The third-order valence-corrected chi connectivity index (χ3v) is 5.34. The van der Waals surface area contributed by atoms with Gasteiger partial charge < -0.3 is 10.6 Å². The number of aliphatic imine (C=N–C) groups is 1. The van der Waals surface area contributed by atoms with Crippen molar-refractivity contribution >= 4 is 17.7 Å². The highest BCUT2D eigenvalue weighted by Gasteiger charge is 2.43. The van der Waals surface area contributed by atoms with Gasteiger partial charge in [-0.3, -0.25) is 9.98 Å². The molecular formula is C18H22N4S. The number of pyridine rings is 1. The first-order valence-electron chi connectivity index (χ1n) is 7.88. The van der Waals surface area contributed by atoms with E-state index >= 15 is 0 Å². The second kappa shape index (κ2) is 7.51. The molecule has 1 heterocycles. The van der Waals surface area contributed by atoms with Crippen LogP contribution in [0.4, 0.5) is 0 Å². The molecule has 1 aromatic heterocycles. The van der Waals surface area contributed by atoms with E-state index in [4.69, 9.17) is 0 Å². The molecular weight excluding hydrogens is 304 g/mol. The van der Waals surface area contributed by atoms with E-state index in [-0.39, 0.29) is 0 Å². The number of guanidine groups is 1. The first-order chi connectivity index (χ1) is 11.3. The van der Waals surface area contributed by atoms with Gasteiger partial charge >= 0.3 is 0 Å². The molecule has 0 bridgehead atoms. The van der Waals surface area contributed by atoms with E-state index in [2.05, 4.69) is 50.9 Å². The van der Waals surface area contributed by atoms with E-state index in [1.807, 2.05) is 36.2 Å². The zero-order chi connectivity index (χ0) is 16.0. The highest BCUT2D eigenvalue weighted by Crippen LogP contribution is 2.51. The lowest BCUT2D eigenvalue weighted by molar-refractivity contribution is 0.759. The van der Waals surface area contributed by atoms with Crippen LogP contribution in [0.25, 0.3) is 0 Å². The normalized spacial score (nSPS) is 16.0. The van der Waals surface area contributed by atoms with Gasteiger partial charge in [-0.05, 0) is 37.1 Å². The Labute approximate surface area is 141 Å². The average Bonchev–Trinajstić information content (AvgIpc) is 3.36. The van der Waals surface area contributed by atoms with Crippen LogP contribution in [0.1, 0.15) is 18.5 Å². The van der Waals surface area contributed by atoms with Gasteiger partial charge in [0.15, 0.2) is 5.96 Å². The number of nitrogens with one attached hydrogen (secondary N) is 2.